The monoisotopic (exact) mass is 189 g/mol. The van der Waals surface area contributed by atoms with Crippen molar-refractivity contribution in [2.45, 2.75) is 6.42 Å². The molecule has 0 aliphatic heterocycles. The van der Waals surface area contributed by atoms with Gasteiger partial charge in [-0.2, -0.15) is 0 Å². The second kappa shape index (κ2) is 2.77. The van der Waals surface area contributed by atoms with Crippen LogP contribution in [0.1, 0.15) is 11.1 Å². The van der Waals surface area contributed by atoms with Gasteiger partial charge in [-0.1, -0.05) is 17.9 Å². The molecule has 0 aromatic heterocycles. The summed E-state index contributed by atoms with van der Waals surface area (Å²) in [6.45, 7) is 0. The molecule has 0 N–H and O–H groups in total. The topological polar surface area (TPSA) is 86.2 Å². The summed E-state index contributed by atoms with van der Waals surface area (Å²) in [7, 11) is 0. The molecular weight excluding hydrogens is 184 g/mol. The Morgan fingerprint density at radius 1 is 1.14 bits per heavy atom. The largest absolute Gasteiger partial charge is 0.872 e. The van der Waals surface area contributed by atoms with E-state index in [1.165, 1.54) is 6.07 Å². The summed E-state index contributed by atoms with van der Waals surface area (Å²) in [6.07, 6.45) is 0.862. The Bertz CT molecular complexity index is 446. The number of allylic oxidation sites excluding steroid dienone is 1. The molecule has 0 unspecified atom stereocenters. The van der Waals surface area contributed by atoms with Crippen LogP contribution in [0.15, 0.2) is 18.2 Å². The average Bonchev–Trinajstić information content (AvgIpc) is 1.99. The van der Waals surface area contributed by atoms with Gasteiger partial charge in [0.05, 0.1) is 0 Å². The molecule has 0 saturated carbocycles. The molecule has 2 rings (SSSR count). The highest BCUT2D eigenvalue weighted by Gasteiger charge is 2.12. The Hall–Kier alpha value is -1.97. The van der Waals surface area contributed by atoms with Gasteiger partial charge < -0.3 is 15.3 Å². The maximum Gasteiger partial charge on any atom is 0.159 e. The van der Waals surface area contributed by atoms with E-state index in [9.17, 15) is 20.1 Å². The van der Waals surface area contributed by atoms with Crippen molar-refractivity contribution in [3.05, 3.63) is 29.3 Å². The molecule has 1 aromatic rings. The number of fused-ring (bicyclic) bond motifs is 1. The van der Waals surface area contributed by atoms with Gasteiger partial charge >= 0.3 is 0 Å². The van der Waals surface area contributed by atoms with Gasteiger partial charge in [0.2, 0.25) is 0 Å². The molecule has 1 aliphatic carbocycles. The predicted molar refractivity (Wildman–Crippen MR) is 42.0 cm³/mol. The maximum absolute atomic E-state index is 11.2. The molecule has 0 heterocycles. The van der Waals surface area contributed by atoms with E-state index < -0.39 is 17.3 Å². The molecule has 0 amide bonds. The second-order valence-corrected chi connectivity index (χ2v) is 3.11. The molecule has 1 aromatic carbocycles. The van der Waals surface area contributed by atoms with Gasteiger partial charge in [0, 0.05) is 6.42 Å². The summed E-state index contributed by atoms with van der Waals surface area (Å²) in [5.41, 5.74) is 0.212. The molecule has 4 nitrogen and oxygen atoms in total. The zero-order chi connectivity index (χ0) is 10.3. The van der Waals surface area contributed by atoms with Crippen molar-refractivity contribution in [2.75, 3.05) is 0 Å². The second-order valence-electron chi connectivity index (χ2n) is 3.11. The zero-order valence-corrected chi connectivity index (χ0v) is 7.07. The van der Waals surface area contributed by atoms with E-state index in [0.717, 1.165) is 12.1 Å². The molecule has 0 spiro atoms. The Balaban J connectivity index is 2.69. The minimum atomic E-state index is -0.596. The van der Waals surface area contributed by atoms with Gasteiger partial charge in [-0.15, -0.1) is 11.5 Å². The molecule has 0 radical (unpaired) electrons. The van der Waals surface area contributed by atoms with Gasteiger partial charge in [-0.3, -0.25) is 4.79 Å². The summed E-state index contributed by atoms with van der Waals surface area (Å²) in [4.78, 5) is 11.0. The van der Waals surface area contributed by atoms with E-state index in [2.05, 4.69) is 0 Å². The van der Waals surface area contributed by atoms with Gasteiger partial charge in [-0.05, 0) is 17.2 Å². The van der Waals surface area contributed by atoms with Crippen molar-refractivity contribution < 1.29 is 20.1 Å². The normalized spacial score (nSPS) is 14.9. The first kappa shape index (κ1) is 8.62. The fourth-order valence-corrected chi connectivity index (χ4v) is 1.52. The highest BCUT2D eigenvalue weighted by atomic mass is 16.3. The number of carbonyl (C=O) groups excluding carboxylic acids is 1. The van der Waals surface area contributed by atoms with Crippen LogP contribution in [0.25, 0.3) is 5.76 Å². The molecule has 0 fully saturated rings. The summed E-state index contributed by atoms with van der Waals surface area (Å²) < 4.78 is 0. The molecule has 0 saturated heterocycles. The SMILES string of the molecule is O=C1C=C([O-])c2c([O-])cc([O-])cc2C1. The molecule has 72 valence electrons. The smallest absolute Gasteiger partial charge is 0.159 e. The first-order valence-corrected chi connectivity index (χ1v) is 4.01. The highest BCUT2D eigenvalue weighted by Crippen LogP contribution is 2.30. The lowest BCUT2D eigenvalue weighted by Gasteiger charge is -2.28. The van der Waals surface area contributed by atoms with Gasteiger partial charge in [0.25, 0.3) is 0 Å². The molecule has 14 heavy (non-hydrogen) atoms. The average molecular weight is 189 g/mol. The van der Waals surface area contributed by atoms with Crippen LogP contribution in [0.2, 0.25) is 0 Å². The summed E-state index contributed by atoms with van der Waals surface area (Å²) in [5.74, 6) is -2.02. The number of ketones is 1. The van der Waals surface area contributed by atoms with Crippen LogP contribution in [0.3, 0.4) is 0 Å². The van der Waals surface area contributed by atoms with Crippen LogP contribution in [0.5, 0.6) is 11.5 Å². The van der Waals surface area contributed by atoms with Crippen LogP contribution >= 0.6 is 0 Å². The first-order chi connectivity index (χ1) is 6.58. The molecule has 0 atom stereocenters. The Morgan fingerprint density at radius 3 is 2.57 bits per heavy atom. The van der Waals surface area contributed by atoms with Crippen molar-refractivity contribution in [2.24, 2.45) is 0 Å². The molecule has 0 bridgehead atoms. The van der Waals surface area contributed by atoms with Crippen LogP contribution < -0.4 is 15.3 Å². The third kappa shape index (κ3) is 1.21. The quantitative estimate of drug-likeness (QED) is 0.505. The van der Waals surface area contributed by atoms with Crippen LogP contribution in [-0.4, -0.2) is 5.78 Å². The van der Waals surface area contributed by atoms with Crippen molar-refractivity contribution in [3.63, 3.8) is 0 Å². The van der Waals surface area contributed by atoms with Crippen molar-refractivity contribution in [3.8, 4) is 11.5 Å². The van der Waals surface area contributed by atoms with E-state index in [1.807, 2.05) is 0 Å². The standard InChI is InChI=1S/C10H8O4/c11-6-1-5-2-7(12)4-9(14)10(5)8(13)3-6/h1,3-4,11,13-14H,2H2/p-3. The number of hydrogen-bond acceptors (Lipinski definition) is 4. The van der Waals surface area contributed by atoms with Gasteiger partial charge in [-0.25, -0.2) is 0 Å². The molecule has 1 aliphatic rings. The first-order valence-electron chi connectivity index (χ1n) is 4.01. The van der Waals surface area contributed by atoms with E-state index in [4.69, 9.17) is 0 Å². The van der Waals surface area contributed by atoms with Crippen molar-refractivity contribution in [1.29, 1.82) is 0 Å². The van der Waals surface area contributed by atoms with Crippen molar-refractivity contribution >= 4 is 11.5 Å². The van der Waals surface area contributed by atoms with Crippen LogP contribution in [0.4, 0.5) is 0 Å². The highest BCUT2D eigenvalue weighted by molar-refractivity contribution is 6.00. The number of carbonyl (C=O) groups is 1. The van der Waals surface area contributed by atoms with E-state index in [1.54, 1.807) is 0 Å². The maximum atomic E-state index is 11.2. The third-order valence-corrected chi connectivity index (χ3v) is 2.06. The Labute approximate surface area is 79.7 Å². The minimum absolute atomic E-state index is 0.0353. The fourth-order valence-electron chi connectivity index (χ4n) is 1.52. The number of rotatable bonds is 0. The predicted octanol–water partition coefficient (Wildman–Crippen LogP) is -1.34. The summed E-state index contributed by atoms with van der Waals surface area (Å²) in [6, 6.07) is 2.03. The lowest BCUT2D eigenvalue weighted by Crippen LogP contribution is -2.18. The minimum Gasteiger partial charge on any atom is -0.872 e. The number of hydrogen-bond donors (Lipinski definition) is 0. The van der Waals surface area contributed by atoms with E-state index >= 15 is 0 Å². The number of benzene rings is 1. The third-order valence-electron chi connectivity index (χ3n) is 2.06. The summed E-state index contributed by atoms with van der Waals surface area (Å²) >= 11 is 0. The van der Waals surface area contributed by atoms with E-state index in [0.29, 0.717) is 0 Å². The lowest BCUT2D eigenvalue weighted by molar-refractivity contribution is -0.283. The fraction of sp³-hybridized carbons (Fsp3) is 0.100. The van der Waals surface area contributed by atoms with Gasteiger partial charge in [0.15, 0.2) is 5.78 Å². The molecule has 4 heteroatoms. The van der Waals surface area contributed by atoms with Crippen molar-refractivity contribution in [1.82, 2.24) is 0 Å². The summed E-state index contributed by atoms with van der Waals surface area (Å²) in [5, 5.41) is 33.4. The lowest BCUT2D eigenvalue weighted by atomic mass is 9.94. The van der Waals surface area contributed by atoms with Crippen LogP contribution in [0, 0.1) is 0 Å². The Morgan fingerprint density at radius 2 is 1.86 bits per heavy atom. The van der Waals surface area contributed by atoms with Crippen LogP contribution in [-0.2, 0) is 11.2 Å². The van der Waals surface area contributed by atoms with E-state index in [-0.39, 0.29) is 23.3 Å². The zero-order valence-electron chi connectivity index (χ0n) is 7.07. The Kier molecular flexibility index (Phi) is 1.70. The van der Waals surface area contributed by atoms with Gasteiger partial charge in [0.1, 0.15) is 0 Å². The molecular formula is C10H5O4-3.